The Balaban J connectivity index is 2.77. The summed E-state index contributed by atoms with van der Waals surface area (Å²) >= 11 is 5.53. The molecule has 0 bridgehead atoms. The lowest BCUT2D eigenvalue weighted by Crippen LogP contribution is -2.30. The van der Waals surface area contributed by atoms with E-state index in [0.29, 0.717) is 31.0 Å². The van der Waals surface area contributed by atoms with Crippen molar-refractivity contribution >= 4 is 23.2 Å². The van der Waals surface area contributed by atoms with Crippen molar-refractivity contribution in [2.45, 2.75) is 19.8 Å². The highest BCUT2D eigenvalue weighted by molar-refractivity contribution is 6.18. The Morgan fingerprint density at radius 2 is 2.25 bits per heavy atom. The van der Waals surface area contributed by atoms with Crippen LogP contribution in [0.2, 0.25) is 0 Å². The lowest BCUT2D eigenvalue weighted by Gasteiger charge is -2.20. The SMILES string of the molecule is CCN(C(=O)CCCCl)c1cccc(F)c1. The van der Waals surface area contributed by atoms with Gasteiger partial charge in [0, 0.05) is 24.5 Å². The van der Waals surface area contributed by atoms with E-state index in [4.69, 9.17) is 11.6 Å². The molecule has 0 saturated carbocycles. The van der Waals surface area contributed by atoms with Gasteiger partial charge < -0.3 is 4.90 Å². The molecule has 0 fully saturated rings. The van der Waals surface area contributed by atoms with Gasteiger partial charge in [-0.1, -0.05) is 6.07 Å². The molecular formula is C12H15ClFNO. The molecule has 0 spiro atoms. The number of nitrogens with zero attached hydrogens (tertiary/aromatic N) is 1. The number of amides is 1. The molecule has 0 radical (unpaired) electrons. The zero-order valence-electron chi connectivity index (χ0n) is 9.25. The van der Waals surface area contributed by atoms with Crippen LogP contribution in [-0.2, 0) is 4.79 Å². The molecule has 0 aliphatic heterocycles. The molecule has 16 heavy (non-hydrogen) atoms. The lowest BCUT2D eigenvalue weighted by atomic mass is 10.2. The standard InChI is InChI=1S/C12H15ClFNO/c1-2-15(12(16)7-4-8-13)11-6-3-5-10(14)9-11/h3,5-6,9H,2,4,7-8H2,1H3. The number of carbonyl (C=O) groups excluding carboxylic acids is 1. The van der Waals surface area contributed by atoms with Crippen molar-refractivity contribution < 1.29 is 9.18 Å². The first-order valence-corrected chi connectivity index (χ1v) is 5.84. The summed E-state index contributed by atoms with van der Waals surface area (Å²) in [5, 5.41) is 0. The molecule has 0 aromatic heterocycles. The molecule has 0 atom stereocenters. The minimum atomic E-state index is -0.332. The average molecular weight is 244 g/mol. The number of carbonyl (C=O) groups is 1. The van der Waals surface area contributed by atoms with Crippen LogP contribution in [0, 0.1) is 5.82 Å². The number of halogens is 2. The maximum Gasteiger partial charge on any atom is 0.227 e. The quantitative estimate of drug-likeness (QED) is 0.728. The molecule has 4 heteroatoms. The van der Waals surface area contributed by atoms with E-state index < -0.39 is 0 Å². The Bertz CT molecular complexity index is 357. The van der Waals surface area contributed by atoms with Crippen LogP contribution in [0.4, 0.5) is 10.1 Å². The third-order valence-electron chi connectivity index (χ3n) is 2.26. The molecule has 0 heterocycles. The van der Waals surface area contributed by atoms with Crippen LogP contribution in [0.25, 0.3) is 0 Å². The summed E-state index contributed by atoms with van der Waals surface area (Å²) in [5.74, 6) is 0.113. The van der Waals surface area contributed by atoms with Crippen LogP contribution in [-0.4, -0.2) is 18.3 Å². The molecule has 0 unspecified atom stereocenters. The highest BCUT2D eigenvalue weighted by atomic mass is 35.5. The van der Waals surface area contributed by atoms with Gasteiger partial charge in [0.2, 0.25) is 5.91 Å². The Hall–Kier alpha value is -1.09. The minimum absolute atomic E-state index is 0.0197. The summed E-state index contributed by atoms with van der Waals surface area (Å²) in [6.07, 6.45) is 1.04. The number of rotatable bonds is 5. The van der Waals surface area contributed by atoms with E-state index in [1.165, 1.54) is 12.1 Å². The molecule has 1 rings (SSSR count). The molecular weight excluding hydrogens is 229 g/mol. The lowest BCUT2D eigenvalue weighted by molar-refractivity contribution is -0.118. The third-order valence-corrected chi connectivity index (χ3v) is 2.53. The van der Waals surface area contributed by atoms with E-state index >= 15 is 0 Å². The minimum Gasteiger partial charge on any atom is -0.313 e. The van der Waals surface area contributed by atoms with Crippen LogP contribution < -0.4 is 4.90 Å². The zero-order valence-corrected chi connectivity index (χ0v) is 10.0. The second kappa shape index (κ2) is 6.48. The number of anilines is 1. The van der Waals surface area contributed by atoms with Gasteiger partial charge in [-0.15, -0.1) is 11.6 Å². The summed E-state index contributed by atoms with van der Waals surface area (Å²) in [5.41, 5.74) is 0.599. The average Bonchev–Trinajstić information content (AvgIpc) is 2.27. The fourth-order valence-corrected chi connectivity index (χ4v) is 1.63. The second-order valence-electron chi connectivity index (χ2n) is 3.41. The molecule has 0 aliphatic carbocycles. The van der Waals surface area contributed by atoms with Gasteiger partial charge in [-0.3, -0.25) is 4.79 Å². The maximum absolute atomic E-state index is 13.0. The van der Waals surface area contributed by atoms with Crippen molar-refractivity contribution in [1.82, 2.24) is 0 Å². The monoisotopic (exact) mass is 243 g/mol. The summed E-state index contributed by atoms with van der Waals surface area (Å²) in [7, 11) is 0. The van der Waals surface area contributed by atoms with Crippen LogP contribution in [0.3, 0.4) is 0 Å². The maximum atomic E-state index is 13.0. The van der Waals surface area contributed by atoms with Crippen molar-refractivity contribution in [3.63, 3.8) is 0 Å². The van der Waals surface area contributed by atoms with E-state index in [1.807, 2.05) is 6.92 Å². The molecule has 2 nitrogen and oxygen atoms in total. The van der Waals surface area contributed by atoms with Gasteiger partial charge in [0.05, 0.1) is 0 Å². The van der Waals surface area contributed by atoms with Crippen molar-refractivity contribution in [1.29, 1.82) is 0 Å². The third kappa shape index (κ3) is 3.49. The van der Waals surface area contributed by atoms with Gasteiger partial charge in [0.1, 0.15) is 5.82 Å². The molecule has 0 saturated heterocycles. The van der Waals surface area contributed by atoms with Crippen molar-refractivity contribution in [3.8, 4) is 0 Å². The molecule has 1 aromatic rings. The Morgan fingerprint density at radius 1 is 1.50 bits per heavy atom. The molecule has 1 aromatic carbocycles. The second-order valence-corrected chi connectivity index (χ2v) is 3.79. The number of hydrogen-bond donors (Lipinski definition) is 0. The van der Waals surface area contributed by atoms with Crippen LogP contribution in [0.5, 0.6) is 0 Å². The molecule has 88 valence electrons. The molecule has 0 N–H and O–H groups in total. The first-order chi connectivity index (χ1) is 7.69. The van der Waals surface area contributed by atoms with E-state index in [-0.39, 0.29) is 11.7 Å². The summed E-state index contributed by atoms with van der Waals surface area (Å²) in [6.45, 7) is 2.40. The normalized spacial score (nSPS) is 10.2. The van der Waals surface area contributed by atoms with Gasteiger partial charge in [-0.25, -0.2) is 4.39 Å². The molecule has 1 amide bonds. The van der Waals surface area contributed by atoms with Crippen molar-refractivity contribution in [3.05, 3.63) is 30.1 Å². The van der Waals surface area contributed by atoms with Gasteiger partial charge in [0.15, 0.2) is 0 Å². The topological polar surface area (TPSA) is 20.3 Å². The van der Waals surface area contributed by atoms with Gasteiger partial charge in [-0.2, -0.15) is 0 Å². The number of alkyl halides is 1. The summed E-state index contributed by atoms with van der Waals surface area (Å²) < 4.78 is 13.0. The number of hydrogen-bond acceptors (Lipinski definition) is 1. The van der Waals surface area contributed by atoms with Crippen LogP contribution in [0.1, 0.15) is 19.8 Å². The largest absolute Gasteiger partial charge is 0.313 e. The summed E-state index contributed by atoms with van der Waals surface area (Å²) in [4.78, 5) is 13.4. The van der Waals surface area contributed by atoms with E-state index in [1.54, 1.807) is 17.0 Å². The first-order valence-electron chi connectivity index (χ1n) is 5.31. The van der Waals surface area contributed by atoms with E-state index in [2.05, 4.69) is 0 Å². The zero-order chi connectivity index (χ0) is 12.0. The predicted molar refractivity (Wildman–Crippen MR) is 64.4 cm³/mol. The smallest absolute Gasteiger partial charge is 0.227 e. The van der Waals surface area contributed by atoms with E-state index in [9.17, 15) is 9.18 Å². The fourth-order valence-electron chi connectivity index (χ4n) is 1.50. The highest BCUT2D eigenvalue weighted by Crippen LogP contribution is 2.16. The van der Waals surface area contributed by atoms with E-state index in [0.717, 1.165) is 0 Å². The van der Waals surface area contributed by atoms with Crippen LogP contribution >= 0.6 is 11.6 Å². The van der Waals surface area contributed by atoms with Crippen molar-refractivity contribution in [2.24, 2.45) is 0 Å². The fraction of sp³-hybridized carbons (Fsp3) is 0.417. The van der Waals surface area contributed by atoms with Gasteiger partial charge >= 0.3 is 0 Å². The summed E-state index contributed by atoms with van der Waals surface area (Å²) in [6, 6.07) is 6.05. The predicted octanol–water partition coefficient (Wildman–Crippen LogP) is 3.20. The first kappa shape index (κ1) is 13.0. The highest BCUT2D eigenvalue weighted by Gasteiger charge is 2.13. The number of benzene rings is 1. The Labute approximate surface area is 100 Å². The molecule has 0 aliphatic rings. The Morgan fingerprint density at radius 3 is 2.81 bits per heavy atom. The Kier molecular flexibility index (Phi) is 5.26. The van der Waals surface area contributed by atoms with Gasteiger partial charge in [0.25, 0.3) is 0 Å². The van der Waals surface area contributed by atoms with Crippen LogP contribution in [0.15, 0.2) is 24.3 Å². The van der Waals surface area contributed by atoms with Crippen molar-refractivity contribution in [2.75, 3.05) is 17.3 Å². The van der Waals surface area contributed by atoms with Gasteiger partial charge in [-0.05, 0) is 31.5 Å².